The Hall–Kier alpha value is -3.59. The molecule has 0 unspecified atom stereocenters. The first-order valence-corrected chi connectivity index (χ1v) is 10.8. The molecule has 0 aliphatic carbocycles. The number of nitrogens with zero attached hydrogens (tertiary/aromatic N) is 2. The van der Waals surface area contributed by atoms with Crippen molar-refractivity contribution in [1.82, 2.24) is 9.97 Å². The SMILES string of the molecule is C=CC(=O)C[C@H]1CCOC[C@H]1Nc1cc2cnc(-c3c(F)c(OC)cc(OC)c3F)cc2cn1. The van der Waals surface area contributed by atoms with Crippen LogP contribution in [0.4, 0.5) is 14.6 Å². The first-order valence-electron chi connectivity index (χ1n) is 10.8. The standard InChI is InChI=1S/C25H25F2N3O4/c1-4-17(31)7-14-5-6-34-13-19(14)30-22-9-16-11-28-18(8-15(16)12-29-22)23-24(26)20(32-2)10-21(33-3)25(23)27/h4,8-12,14,19H,1,5-7,13H2,2-3H3,(H,29,30)/t14-,19-/m1/s1. The second-order valence-corrected chi connectivity index (χ2v) is 8.02. The van der Waals surface area contributed by atoms with E-state index in [0.29, 0.717) is 30.8 Å². The second kappa shape index (κ2) is 10.1. The molecule has 1 aromatic carbocycles. The number of nitrogens with one attached hydrogen (secondary N) is 1. The van der Waals surface area contributed by atoms with E-state index in [-0.39, 0.29) is 40.5 Å². The smallest absolute Gasteiger partial charge is 0.177 e. The van der Waals surface area contributed by atoms with Gasteiger partial charge in [0.05, 0.1) is 38.1 Å². The number of rotatable bonds is 8. The van der Waals surface area contributed by atoms with Gasteiger partial charge in [-0.25, -0.2) is 13.8 Å². The van der Waals surface area contributed by atoms with Crippen LogP contribution in [0.15, 0.2) is 43.2 Å². The highest BCUT2D eigenvalue weighted by atomic mass is 19.1. The summed E-state index contributed by atoms with van der Waals surface area (Å²) in [7, 11) is 2.59. The summed E-state index contributed by atoms with van der Waals surface area (Å²) in [6.45, 7) is 4.61. The average Bonchev–Trinajstić information content (AvgIpc) is 2.85. The summed E-state index contributed by atoms with van der Waals surface area (Å²) in [4.78, 5) is 20.6. The normalized spacial score (nSPS) is 17.9. The van der Waals surface area contributed by atoms with E-state index < -0.39 is 11.6 Å². The van der Waals surface area contributed by atoms with E-state index in [2.05, 4.69) is 21.9 Å². The maximum Gasteiger partial charge on any atom is 0.177 e. The van der Waals surface area contributed by atoms with Gasteiger partial charge < -0.3 is 19.5 Å². The van der Waals surface area contributed by atoms with Gasteiger partial charge in [0.2, 0.25) is 0 Å². The number of pyridine rings is 2. The number of benzene rings is 1. The van der Waals surface area contributed by atoms with Crippen molar-refractivity contribution in [3.8, 4) is 22.8 Å². The molecule has 3 aromatic rings. The number of hydrogen-bond acceptors (Lipinski definition) is 7. The summed E-state index contributed by atoms with van der Waals surface area (Å²) >= 11 is 0. The van der Waals surface area contributed by atoms with Crippen molar-refractivity contribution < 1.29 is 27.8 Å². The highest BCUT2D eigenvalue weighted by Crippen LogP contribution is 2.37. The topological polar surface area (TPSA) is 82.6 Å². The van der Waals surface area contributed by atoms with Gasteiger partial charge >= 0.3 is 0 Å². The van der Waals surface area contributed by atoms with E-state index in [1.807, 2.05) is 0 Å². The summed E-state index contributed by atoms with van der Waals surface area (Å²) in [6, 6.07) is 4.43. The quantitative estimate of drug-likeness (QED) is 0.485. The number of halogens is 2. The zero-order valence-electron chi connectivity index (χ0n) is 18.9. The van der Waals surface area contributed by atoms with E-state index in [1.54, 1.807) is 18.3 Å². The first kappa shape index (κ1) is 23.6. The van der Waals surface area contributed by atoms with Crippen LogP contribution in [-0.2, 0) is 9.53 Å². The summed E-state index contributed by atoms with van der Waals surface area (Å²) < 4.78 is 45.4. The van der Waals surface area contributed by atoms with Gasteiger partial charge in [0, 0.05) is 42.3 Å². The molecule has 0 spiro atoms. The van der Waals surface area contributed by atoms with Crippen molar-refractivity contribution in [2.45, 2.75) is 18.9 Å². The van der Waals surface area contributed by atoms with Crippen LogP contribution < -0.4 is 14.8 Å². The third-order valence-corrected chi connectivity index (χ3v) is 5.96. The molecular formula is C25H25F2N3O4. The third-order valence-electron chi connectivity index (χ3n) is 5.96. The molecule has 2 atom stereocenters. The summed E-state index contributed by atoms with van der Waals surface area (Å²) in [5, 5.41) is 4.72. The van der Waals surface area contributed by atoms with Crippen molar-refractivity contribution in [3.63, 3.8) is 0 Å². The van der Waals surface area contributed by atoms with E-state index in [9.17, 15) is 13.6 Å². The molecule has 34 heavy (non-hydrogen) atoms. The molecule has 3 heterocycles. The molecule has 0 saturated carbocycles. The van der Waals surface area contributed by atoms with Gasteiger partial charge in [-0.15, -0.1) is 0 Å². The molecule has 2 aromatic heterocycles. The number of anilines is 1. The molecule has 9 heteroatoms. The molecule has 7 nitrogen and oxygen atoms in total. The Bertz CT molecular complexity index is 1210. The van der Waals surface area contributed by atoms with Crippen molar-refractivity contribution in [2.75, 3.05) is 32.8 Å². The molecule has 0 bridgehead atoms. The molecule has 0 radical (unpaired) electrons. The third kappa shape index (κ3) is 4.70. The number of hydrogen-bond donors (Lipinski definition) is 1. The average molecular weight is 469 g/mol. The van der Waals surface area contributed by atoms with Crippen molar-refractivity contribution in [1.29, 1.82) is 0 Å². The minimum atomic E-state index is -0.865. The number of allylic oxidation sites excluding steroid dienone is 1. The van der Waals surface area contributed by atoms with Crippen LogP contribution in [-0.4, -0.2) is 49.2 Å². The summed E-state index contributed by atoms with van der Waals surface area (Å²) in [5.41, 5.74) is -0.250. The van der Waals surface area contributed by atoms with E-state index in [4.69, 9.17) is 14.2 Å². The number of fused-ring (bicyclic) bond motifs is 1. The Morgan fingerprint density at radius 3 is 2.50 bits per heavy atom. The van der Waals surface area contributed by atoms with Crippen molar-refractivity contribution in [2.24, 2.45) is 5.92 Å². The van der Waals surface area contributed by atoms with Crippen molar-refractivity contribution in [3.05, 3.63) is 54.9 Å². The Morgan fingerprint density at radius 2 is 1.82 bits per heavy atom. The van der Waals surface area contributed by atoms with Crippen LogP contribution in [0.1, 0.15) is 12.8 Å². The molecule has 1 saturated heterocycles. The zero-order chi connectivity index (χ0) is 24.2. The molecule has 1 N–H and O–H groups in total. The van der Waals surface area contributed by atoms with E-state index in [0.717, 1.165) is 17.9 Å². The molecule has 1 aliphatic rings. The predicted molar refractivity (Wildman–Crippen MR) is 124 cm³/mol. The van der Waals surface area contributed by atoms with Crippen LogP contribution >= 0.6 is 0 Å². The van der Waals surface area contributed by atoms with E-state index in [1.165, 1.54) is 26.5 Å². The zero-order valence-corrected chi connectivity index (χ0v) is 18.9. The Kier molecular flexibility index (Phi) is 7.02. The van der Waals surface area contributed by atoms with Gasteiger partial charge in [-0.1, -0.05) is 6.58 Å². The Labute approximate surface area is 195 Å². The van der Waals surface area contributed by atoms with Crippen LogP contribution in [0.2, 0.25) is 0 Å². The Morgan fingerprint density at radius 1 is 1.15 bits per heavy atom. The maximum absolute atomic E-state index is 14.9. The van der Waals surface area contributed by atoms with Gasteiger partial charge in [-0.05, 0) is 30.5 Å². The van der Waals surface area contributed by atoms with Crippen molar-refractivity contribution >= 4 is 22.4 Å². The Balaban J connectivity index is 1.63. The van der Waals surface area contributed by atoms with E-state index >= 15 is 0 Å². The minimum absolute atomic E-state index is 0.00413. The van der Waals surface area contributed by atoms with Crippen LogP contribution in [0.5, 0.6) is 11.5 Å². The molecule has 1 fully saturated rings. The lowest BCUT2D eigenvalue weighted by atomic mass is 9.89. The number of methoxy groups -OCH3 is 2. The number of ether oxygens (including phenoxy) is 3. The molecule has 1 aliphatic heterocycles. The summed E-state index contributed by atoms with van der Waals surface area (Å²) in [5.74, 6) is -1.33. The van der Waals surface area contributed by atoms with Gasteiger partial charge in [-0.3, -0.25) is 9.78 Å². The fourth-order valence-corrected chi connectivity index (χ4v) is 4.08. The predicted octanol–water partition coefficient (Wildman–Crippen LogP) is 4.55. The number of aromatic nitrogens is 2. The van der Waals surface area contributed by atoms with Gasteiger partial charge in [0.25, 0.3) is 0 Å². The van der Waals surface area contributed by atoms with Crippen LogP contribution in [0, 0.1) is 17.6 Å². The monoisotopic (exact) mass is 469 g/mol. The lowest BCUT2D eigenvalue weighted by molar-refractivity contribution is -0.116. The largest absolute Gasteiger partial charge is 0.494 e. The lowest BCUT2D eigenvalue weighted by Gasteiger charge is -2.32. The lowest BCUT2D eigenvalue weighted by Crippen LogP contribution is -2.39. The van der Waals surface area contributed by atoms with Gasteiger partial charge in [0.1, 0.15) is 5.82 Å². The molecular weight excluding hydrogens is 444 g/mol. The molecule has 4 rings (SSSR count). The minimum Gasteiger partial charge on any atom is -0.494 e. The first-order chi connectivity index (χ1) is 16.4. The number of carbonyl (C=O) groups is 1. The van der Waals surface area contributed by atoms with Crippen LogP contribution in [0.25, 0.3) is 22.0 Å². The highest BCUT2D eigenvalue weighted by molar-refractivity contribution is 5.89. The fourth-order valence-electron chi connectivity index (χ4n) is 4.08. The van der Waals surface area contributed by atoms with Gasteiger partial charge in [-0.2, -0.15) is 0 Å². The fraction of sp³-hybridized carbons (Fsp3) is 0.320. The summed E-state index contributed by atoms with van der Waals surface area (Å²) in [6.07, 6.45) is 5.62. The maximum atomic E-state index is 14.9. The van der Waals surface area contributed by atoms with Gasteiger partial charge in [0.15, 0.2) is 28.9 Å². The number of carbonyl (C=O) groups excluding carboxylic acids is 1. The highest BCUT2D eigenvalue weighted by Gasteiger charge is 2.27. The van der Waals surface area contributed by atoms with Crippen LogP contribution in [0.3, 0.4) is 0 Å². The molecule has 178 valence electrons. The second-order valence-electron chi connectivity index (χ2n) is 8.02. The number of ketones is 1. The molecule has 0 amide bonds.